The Kier molecular flexibility index (Phi) is 7.69. The minimum atomic E-state index is -0.442. The van der Waals surface area contributed by atoms with Crippen molar-refractivity contribution in [1.82, 2.24) is 20.2 Å². The van der Waals surface area contributed by atoms with Crippen molar-refractivity contribution in [3.05, 3.63) is 45.3 Å². The highest BCUT2D eigenvalue weighted by atomic mass is 35.5. The number of carbonyl (C=O) groups is 1. The number of hydrogen-bond acceptors (Lipinski definition) is 8. The minimum Gasteiger partial charge on any atom is -0.495 e. The highest BCUT2D eigenvalue weighted by molar-refractivity contribution is 6.30. The molecule has 10 nitrogen and oxygen atoms in total. The lowest BCUT2D eigenvalue weighted by Crippen LogP contribution is -2.47. The van der Waals surface area contributed by atoms with Gasteiger partial charge in [0.25, 0.3) is 11.5 Å². The number of halogens is 1. The zero-order valence-electron chi connectivity index (χ0n) is 18.7. The third-order valence-corrected chi connectivity index (χ3v) is 6.14. The fraction of sp³-hybridized carbons (Fsp3) is 0.500. The molecule has 1 amide bonds. The van der Waals surface area contributed by atoms with Gasteiger partial charge in [-0.1, -0.05) is 11.6 Å². The Morgan fingerprint density at radius 1 is 1.18 bits per heavy atom. The van der Waals surface area contributed by atoms with Gasteiger partial charge in [0.1, 0.15) is 11.3 Å². The number of methoxy groups -OCH3 is 1. The number of hydrogen-bond donors (Lipinski definition) is 2. The summed E-state index contributed by atoms with van der Waals surface area (Å²) in [4.78, 5) is 38.5. The fourth-order valence-electron chi connectivity index (χ4n) is 4.02. The lowest BCUT2D eigenvalue weighted by Gasteiger charge is -2.36. The molecule has 11 heteroatoms. The number of nitrogens with zero attached hydrogens (tertiary/aromatic N) is 4. The van der Waals surface area contributed by atoms with Gasteiger partial charge in [0.15, 0.2) is 0 Å². The Hall–Kier alpha value is -2.82. The smallest absolute Gasteiger partial charge is 0.265 e. The van der Waals surface area contributed by atoms with E-state index in [1.165, 1.54) is 6.20 Å². The van der Waals surface area contributed by atoms with Crippen LogP contribution in [0.15, 0.2) is 29.2 Å². The second kappa shape index (κ2) is 10.9. The molecule has 0 saturated carbocycles. The molecule has 3 heterocycles. The Morgan fingerprint density at radius 2 is 1.91 bits per heavy atom. The summed E-state index contributed by atoms with van der Waals surface area (Å²) in [5.41, 5.74) is 0.515. The fourth-order valence-corrected chi connectivity index (χ4v) is 4.19. The molecule has 0 bridgehead atoms. The van der Waals surface area contributed by atoms with Crippen molar-refractivity contribution >= 4 is 29.1 Å². The summed E-state index contributed by atoms with van der Waals surface area (Å²) in [5, 5.41) is 3.45. The van der Waals surface area contributed by atoms with Crippen LogP contribution in [-0.4, -0.2) is 93.5 Å². The van der Waals surface area contributed by atoms with Crippen LogP contribution in [0.2, 0.25) is 5.02 Å². The van der Waals surface area contributed by atoms with Gasteiger partial charge in [0, 0.05) is 63.6 Å². The Morgan fingerprint density at radius 3 is 2.61 bits per heavy atom. The third-order valence-electron chi connectivity index (χ3n) is 5.91. The third kappa shape index (κ3) is 5.76. The molecule has 1 aromatic heterocycles. The summed E-state index contributed by atoms with van der Waals surface area (Å²) in [6.07, 6.45) is 1.35. The van der Waals surface area contributed by atoms with E-state index in [0.717, 1.165) is 31.1 Å². The second-order valence-corrected chi connectivity index (χ2v) is 8.39. The van der Waals surface area contributed by atoms with E-state index in [-0.39, 0.29) is 5.56 Å². The number of benzene rings is 1. The maximum absolute atomic E-state index is 12.5. The molecule has 0 radical (unpaired) electrons. The average molecular weight is 477 g/mol. The average Bonchev–Trinajstić information content (AvgIpc) is 2.84. The maximum Gasteiger partial charge on any atom is 0.265 e. The molecular formula is C22H29ClN6O4. The normalized spacial score (nSPS) is 17.2. The molecule has 0 aliphatic carbocycles. The molecule has 33 heavy (non-hydrogen) atoms. The number of nitrogens with one attached hydrogen (secondary N) is 2. The van der Waals surface area contributed by atoms with E-state index < -0.39 is 11.5 Å². The topological polar surface area (TPSA) is 103 Å². The number of piperazine rings is 1. The van der Waals surface area contributed by atoms with E-state index in [9.17, 15) is 9.59 Å². The van der Waals surface area contributed by atoms with E-state index in [4.69, 9.17) is 21.1 Å². The Balaban J connectivity index is 1.32. The number of carbonyl (C=O) groups excluding carboxylic acids is 1. The molecule has 2 fully saturated rings. The number of aromatic nitrogens is 2. The van der Waals surface area contributed by atoms with E-state index in [1.54, 1.807) is 13.2 Å². The largest absolute Gasteiger partial charge is 0.495 e. The van der Waals surface area contributed by atoms with Crippen molar-refractivity contribution in [2.45, 2.75) is 0 Å². The van der Waals surface area contributed by atoms with Crippen molar-refractivity contribution in [3.8, 4) is 5.75 Å². The lowest BCUT2D eigenvalue weighted by atomic mass is 10.2. The van der Waals surface area contributed by atoms with Gasteiger partial charge in [0.05, 0.1) is 26.0 Å². The zero-order chi connectivity index (χ0) is 23.2. The van der Waals surface area contributed by atoms with Gasteiger partial charge in [-0.05, 0) is 18.2 Å². The van der Waals surface area contributed by atoms with E-state index in [2.05, 4.69) is 25.1 Å². The van der Waals surface area contributed by atoms with Gasteiger partial charge in [-0.3, -0.25) is 19.5 Å². The van der Waals surface area contributed by atoms with Gasteiger partial charge in [0.2, 0.25) is 5.95 Å². The number of amides is 1. The first-order valence-electron chi connectivity index (χ1n) is 11.1. The minimum absolute atomic E-state index is 0.0167. The number of aromatic amines is 1. The summed E-state index contributed by atoms with van der Waals surface area (Å²) in [6, 6.07) is 5.55. The van der Waals surface area contributed by atoms with Crippen molar-refractivity contribution in [2.75, 3.05) is 82.5 Å². The molecule has 2 aliphatic heterocycles. The summed E-state index contributed by atoms with van der Waals surface area (Å²) in [6.45, 7) is 7.05. The molecule has 0 atom stereocenters. The lowest BCUT2D eigenvalue weighted by molar-refractivity contribution is 0.0383. The molecule has 2 aromatic rings. The van der Waals surface area contributed by atoms with E-state index in [1.807, 2.05) is 17.0 Å². The molecule has 1 aromatic carbocycles. The predicted molar refractivity (Wildman–Crippen MR) is 127 cm³/mol. The molecule has 4 rings (SSSR count). The molecule has 2 N–H and O–H groups in total. The van der Waals surface area contributed by atoms with Crippen LogP contribution >= 0.6 is 11.6 Å². The SMILES string of the molecule is COc1ccc(Cl)cc1N1CCN(c2ncc(C(=O)NCCN3CCOCC3)c(=O)[nH]2)CC1. The summed E-state index contributed by atoms with van der Waals surface area (Å²) < 4.78 is 10.8. The molecule has 2 saturated heterocycles. The van der Waals surface area contributed by atoms with Crippen molar-refractivity contribution in [1.29, 1.82) is 0 Å². The number of H-pyrrole nitrogens is 1. The first-order valence-corrected chi connectivity index (χ1v) is 11.4. The predicted octanol–water partition coefficient (Wildman–Crippen LogP) is 0.821. The molecule has 0 unspecified atom stereocenters. The van der Waals surface area contributed by atoms with Crippen LogP contribution in [-0.2, 0) is 4.74 Å². The van der Waals surface area contributed by atoms with Crippen LogP contribution in [0.1, 0.15) is 10.4 Å². The first-order chi connectivity index (χ1) is 16.0. The monoisotopic (exact) mass is 476 g/mol. The molecule has 2 aliphatic rings. The van der Waals surface area contributed by atoms with Gasteiger partial charge >= 0.3 is 0 Å². The number of anilines is 2. The summed E-state index contributed by atoms with van der Waals surface area (Å²) >= 11 is 6.16. The van der Waals surface area contributed by atoms with Crippen LogP contribution in [0, 0.1) is 0 Å². The zero-order valence-corrected chi connectivity index (χ0v) is 19.4. The first kappa shape index (κ1) is 23.3. The highest BCUT2D eigenvalue weighted by Crippen LogP contribution is 2.32. The molecule has 178 valence electrons. The van der Waals surface area contributed by atoms with Crippen LogP contribution in [0.25, 0.3) is 0 Å². The number of morpholine rings is 1. The standard InChI is InChI=1S/C22H29ClN6O4/c1-32-19-3-2-16(23)14-18(19)28-6-8-29(9-7-28)22-25-15-17(21(31)26-22)20(30)24-4-5-27-10-12-33-13-11-27/h2-3,14-15H,4-13H2,1H3,(H,24,30)(H,25,26,31). The van der Waals surface area contributed by atoms with Gasteiger partial charge in [-0.25, -0.2) is 4.98 Å². The van der Waals surface area contributed by atoms with Crippen LogP contribution in [0.5, 0.6) is 5.75 Å². The molecule has 0 spiro atoms. The van der Waals surface area contributed by atoms with Crippen molar-refractivity contribution in [3.63, 3.8) is 0 Å². The second-order valence-electron chi connectivity index (χ2n) is 7.95. The van der Waals surface area contributed by atoms with Crippen molar-refractivity contribution in [2.24, 2.45) is 0 Å². The Bertz CT molecular complexity index is 1020. The van der Waals surface area contributed by atoms with E-state index >= 15 is 0 Å². The maximum atomic E-state index is 12.5. The van der Waals surface area contributed by atoms with Gasteiger partial charge in [-0.2, -0.15) is 0 Å². The van der Waals surface area contributed by atoms with Crippen LogP contribution in [0.3, 0.4) is 0 Å². The highest BCUT2D eigenvalue weighted by Gasteiger charge is 2.22. The van der Waals surface area contributed by atoms with Crippen LogP contribution < -0.4 is 25.4 Å². The van der Waals surface area contributed by atoms with Crippen LogP contribution in [0.4, 0.5) is 11.6 Å². The molecular weight excluding hydrogens is 448 g/mol. The van der Waals surface area contributed by atoms with E-state index in [0.29, 0.717) is 56.9 Å². The van der Waals surface area contributed by atoms with Gasteiger partial charge < -0.3 is 24.6 Å². The van der Waals surface area contributed by atoms with Gasteiger partial charge in [-0.15, -0.1) is 0 Å². The summed E-state index contributed by atoms with van der Waals surface area (Å²) in [5.74, 6) is 0.812. The van der Waals surface area contributed by atoms with Crippen molar-refractivity contribution < 1.29 is 14.3 Å². The Labute approximate surface area is 197 Å². The number of ether oxygens (including phenoxy) is 2. The summed E-state index contributed by atoms with van der Waals surface area (Å²) in [7, 11) is 1.64. The quantitative estimate of drug-likeness (QED) is 0.605. The number of rotatable bonds is 7.